The number of amides is 1. The van der Waals surface area contributed by atoms with E-state index in [1.54, 1.807) is 7.05 Å². The second kappa shape index (κ2) is 10.3. The van der Waals surface area contributed by atoms with Crippen molar-refractivity contribution in [2.45, 2.75) is 39.4 Å². The van der Waals surface area contributed by atoms with Crippen molar-refractivity contribution in [2.24, 2.45) is 5.92 Å². The van der Waals surface area contributed by atoms with Crippen molar-refractivity contribution in [2.75, 3.05) is 26.7 Å². The van der Waals surface area contributed by atoms with Crippen LogP contribution >= 0.6 is 0 Å². The van der Waals surface area contributed by atoms with Crippen LogP contribution in [0, 0.1) is 19.8 Å². The lowest BCUT2D eigenvalue weighted by molar-refractivity contribution is -0.158. The summed E-state index contributed by atoms with van der Waals surface area (Å²) in [5.41, 5.74) is 1.46. The maximum absolute atomic E-state index is 13.4. The van der Waals surface area contributed by atoms with E-state index in [1.807, 2.05) is 26.0 Å². The highest BCUT2D eigenvalue weighted by Crippen LogP contribution is 2.38. The van der Waals surface area contributed by atoms with Gasteiger partial charge in [-0.1, -0.05) is 18.2 Å². The number of carbonyl (C=O) groups excluding carboxylic acids is 1. The Balaban J connectivity index is 1.67. The van der Waals surface area contributed by atoms with E-state index in [1.165, 1.54) is 6.07 Å². The minimum absolute atomic E-state index is 0.0170. The van der Waals surface area contributed by atoms with Crippen molar-refractivity contribution in [3.05, 3.63) is 58.1 Å². The monoisotopic (exact) mass is 504 g/mol. The van der Waals surface area contributed by atoms with E-state index >= 15 is 0 Å². The van der Waals surface area contributed by atoms with Crippen LogP contribution in [-0.2, 0) is 24.1 Å². The summed E-state index contributed by atoms with van der Waals surface area (Å²) in [6, 6.07) is 6.69. The zero-order valence-electron chi connectivity index (χ0n) is 19.4. The minimum Gasteiger partial charge on any atom is -0.488 e. The van der Waals surface area contributed by atoms with Crippen LogP contribution in [0.25, 0.3) is 0 Å². The first-order chi connectivity index (χ1) is 16.3. The van der Waals surface area contributed by atoms with E-state index < -0.39 is 30.3 Å². The Morgan fingerprint density at radius 2 is 1.63 bits per heavy atom. The standard InChI is InChI=1S/C24H26F6N2O3/c1-14-6-17(9-32-10-18(11-32)22(33)31-3)7-15(2)21(14)34-12-16-4-5-20(35-13-23(25,26)27)19(8-16)24(28,29)30/h4-8,18H,9-13H2,1-3H3,(H,31,33). The zero-order chi connectivity index (χ0) is 26.0. The predicted octanol–water partition coefficient (Wildman–Crippen LogP) is 5.02. The average Bonchev–Trinajstić information content (AvgIpc) is 2.72. The van der Waals surface area contributed by atoms with Crippen LogP contribution in [0.15, 0.2) is 30.3 Å². The molecule has 0 aliphatic carbocycles. The average molecular weight is 504 g/mol. The first-order valence-electron chi connectivity index (χ1n) is 10.8. The molecule has 0 radical (unpaired) electrons. The Morgan fingerprint density at radius 3 is 2.17 bits per heavy atom. The maximum atomic E-state index is 13.4. The van der Waals surface area contributed by atoms with Gasteiger partial charge in [0.15, 0.2) is 6.61 Å². The molecule has 1 amide bonds. The van der Waals surface area contributed by atoms with Gasteiger partial charge >= 0.3 is 12.4 Å². The molecule has 3 rings (SSSR count). The second-order valence-electron chi connectivity index (χ2n) is 8.58. The topological polar surface area (TPSA) is 50.8 Å². The summed E-state index contributed by atoms with van der Waals surface area (Å²) in [7, 11) is 1.61. The normalized spacial score (nSPS) is 15.0. The van der Waals surface area contributed by atoms with Crippen LogP contribution in [0.4, 0.5) is 26.3 Å². The van der Waals surface area contributed by atoms with Crippen LogP contribution in [0.3, 0.4) is 0 Å². The van der Waals surface area contributed by atoms with Gasteiger partial charge in [0.1, 0.15) is 18.1 Å². The molecule has 2 aromatic carbocycles. The number of nitrogens with one attached hydrogen (secondary N) is 1. The van der Waals surface area contributed by atoms with Crippen LogP contribution in [0.2, 0.25) is 0 Å². The Labute approximate surface area is 199 Å². The fourth-order valence-electron chi connectivity index (χ4n) is 4.02. The van der Waals surface area contributed by atoms with Gasteiger partial charge in [0, 0.05) is 26.7 Å². The highest BCUT2D eigenvalue weighted by Gasteiger charge is 2.36. The Hall–Kier alpha value is -2.95. The largest absolute Gasteiger partial charge is 0.488 e. The smallest absolute Gasteiger partial charge is 0.422 e. The molecule has 1 aliphatic rings. The van der Waals surface area contributed by atoms with Gasteiger partial charge in [-0.3, -0.25) is 9.69 Å². The maximum Gasteiger partial charge on any atom is 0.422 e. The third-order valence-corrected chi connectivity index (χ3v) is 5.62. The molecule has 1 fully saturated rings. The van der Waals surface area contributed by atoms with Gasteiger partial charge in [-0.25, -0.2) is 0 Å². The Morgan fingerprint density at radius 1 is 1.00 bits per heavy atom. The number of hydrogen-bond donors (Lipinski definition) is 1. The summed E-state index contributed by atoms with van der Waals surface area (Å²) in [6.07, 6.45) is -9.65. The van der Waals surface area contributed by atoms with Crippen LogP contribution in [-0.4, -0.2) is 43.7 Å². The van der Waals surface area contributed by atoms with E-state index in [4.69, 9.17) is 4.74 Å². The first-order valence-corrected chi connectivity index (χ1v) is 10.8. The number of aryl methyl sites for hydroxylation is 2. The Bertz CT molecular complexity index is 1040. The molecule has 1 N–H and O–H groups in total. The summed E-state index contributed by atoms with van der Waals surface area (Å²) >= 11 is 0. The predicted molar refractivity (Wildman–Crippen MR) is 116 cm³/mol. The van der Waals surface area contributed by atoms with Crippen molar-refractivity contribution >= 4 is 5.91 Å². The molecular weight excluding hydrogens is 478 g/mol. The molecule has 0 bridgehead atoms. The van der Waals surface area contributed by atoms with E-state index in [2.05, 4.69) is 15.0 Å². The number of alkyl halides is 6. The van der Waals surface area contributed by atoms with Crippen molar-refractivity contribution in [1.82, 2.24) is 10.2 Å². The number of halogens is 6. The van der Waals surface area contributed by atoms with Gasteiger partial charge in [-0.15, -0.1) is 0 Å². The summed E-state index contributed by atoms with van der Waals surface area (Å²) < 4.78 is 87.4. The lowest BCUT2D eigenvalue weighted by Crippen LogP contribution is -2.52. The SMILES string of the molecule is CNC(=O)C1CN(Cc2cc(C)c(OCc3ccc(OCC(F)(F)F)c(C(F)(F)F)c3)c(C)c2)C1. The molecular formula is C24H26F6N2O3. The van der Waals surface area contributed by atoms with Gasteiger partial charge in [0.25, 0.3) is 0 Å². The minimum atomic E-state index is -4.89. The molecule has 0 atom stereocenters. The molecule has 5 nitrogen and oxygen atoms in total. The van der Waals surface area contributed by atoms with Crippen LogP contribution < -0.4 is 14.8 Å². The van der Waals surface area contributed by atoms with Gasteiger partial charge in [-0.05, 0) is 48.2 Å². The molecule has 0 aromatic heterocycles. The molecule has 192 valence electrons. The molecule has 1 heterocycles. The summed E-state index contributed by atoms with van der Waals surface area (Å²) in [5, 5.41) is 2.63. The fraction of sp³-hybridized carbons (Fsp3) is 0.458. The molecule has 1 aliphatic heterocycles. The van der Waals surface area contributed by atoms with Crippen molar-refractivity contribution in [3.63, 3.8) is 0 Å². The number of nitrogens with zero attached hydrogens (tertiary/aromatic N) is 1. The molecule has 2 aromatic rings. The zero-order valence-corrected chi connectivity index (χ0v) is 19.4. The number of hydrogen-bond acceptors (Lipinski definition) is 4. The lowest BCUT2D eigenvalue weighted by Gasteiger charge is -2.38. The molecule has 0 unspecified atom stereocenters. The summed E-state index contributed by atoms with van der Waals surface area (Å²) in [4.78, 5) is 13.8. The Kier molecular flexibility index (Phi) is 7.88. The van der Waals surface area contributed by atoms with Gasteiger partial charge in [0.2, 0.25) is 5.91 Å². The van der Waals surface area contributed by atoms with Crippen molar-refractivity contribution < 1.29 is 40.6 Å². The van der Waals surface area contributed by atoms with Crippen LogP contribution in [0.1, 0.15) is 27.8 Å². The molecule has 0 saturated carbocycles. The van der Waals surface area contributed by atoms with E-state index in [0.717, 1.165) is 28.8 Å². The number of ether oxygens (including phenoxy) is 2. The van der Waals surface area contributed by atoms with Crippen molar-refractivity contribution in [1.29, 1.82) is 0 Å². The fourth-order valence-corrected chi connectivity index (χ4v) is 4.02. The number of benzene rings is 2. The quantitative estimate of drug-likeness (QED) is 0.513. The first kappa shape index (κ1) is 26.7. The van der Waals surface area contributed by atoms with Crippen LogP contribution in [0.5, 0.6) is 11.5 Å². The number of likely N-dealkylation sites (tertiary alicyclic amines) is 1. The third-order valence-electron chi connectivity index (χ3n) is 5.62. The van der Waals surface area contributed by atoms with Gasteiger partial charge in [0.05, 0.1) is 11.5 Å². The second-order valence-corrected chi connectivity index (χ2v) is 8.58. The van der Waals surface area contributed by atoms with Crippen molar-refractivity contribution in [3.8, 4) is 11.5 Å². The molecule has 1 saturated heterocycles. The number of carbonyl (C=O) groups is 1. The highest BCUT2D eigenvalue weighted by atomic mass is 19.4. The van der Waals surface area contributed by atoms with Gasteiger partial charge in [-0.2, -0.15) is 26.3 Å². The lowest BCUT2D eigenvalue weighted by atomic mass is 9.97. The summed E-state index contributed by atoms with van der Waals surface area (Å²) in [5.74, 6) is -0.367. The van der Waals surface area contributed by atoms with E-state index in [0.29, 0.717) is 25.4 Å². The van der Waals surface area contributed by atoms with E-state index in [-0.39, 0.29) is 24.0 Å². The molecule has 0 spiro atoms. The molecule has 35 heavy (non-hydrogen) atoms. The third kappa shape index (κ3) is 7.03. The van der Waals surface area contributed by atoms with Gasteiger partial charge < -0.3 is 14.8 Å². The number of rotatable bonds is 8. The van der Waals surface area contributed by atoms with E-state index in [9.17, 15) is 31.1 Å². The summed E-state index contributed by atoms with van der Waals surface area (Å²) in [6.45, 7) is 3.61. The highest BCUT2D eigenvalue weighted by molar-refractivity contribution is 5.79. The molecule has 11 heteroatoms.